The van der Waals surface area contributed by atoms with Gasteiger partial charge in [-0.15, -0.1) is 11.3 Å². The number of aromatic nitrogens is 1. The largest absolute Gasteiger partial charge is 0.466 e. The summed E-state index contributed by atoms with van der Waals surface area (Å²) in [6.07, 6.45) is 3.61. The predicted molar refractivity (Wildman–Crippen MR) is 90.9 cm³/mol. The third-order valence-corrected chi connectivity index (χ3v) is 4.91. The van der Waals surface area contributed by atoms with Gasteiger partial charge in [-0.25, -0.2) is 4.79 Å². The van der Waals surface area contributed by atoms with Crippen molar-refractivity contribution in [3.8, 4) is 6.07 Å². The zero-order chi connectivity index (χ0) is 17.3. The number of ether oxygens (including phenoxy) is 2. The second-order valence-corrected chi connectivity index (χ2v) is 6.69. The first-order chi connectivity index (χ1) is 11.6. The Morgan fingerprint density at radius 3 is 2.58 bits per heavy atom. The number of hydrogen-bond acceptors (Lipinski definition) is 5. The quantitative estimate of drug-likeness (QED) is 0.797. The Labute approximate surface area is 144 Å². The van der Waals surface area contributed by atoms with Gasteiger partial charge in [-0.1, -0.05) is 0 Å². The summed E-state index contributed by atoms with van der Waals surface area (Å²) in [4.78, 5) is 14.4. The molecule has 2 aromatic heterocycles. The number of carbonyl (C=O) groups excluding carboxylic acids is 1. The molecule has 0 amide bonds. The van der Waals surface area contributed by atoms with E-state index < -0.39 is 11.9 Å². The first kappa shape index (κ1) is 16.1. The highest BCUT2D eigenvalue weighted by molar-refractivity contribution is 7.12. The van der Waals surface area contributed by atoms with E-state index in [1.807, 2.05) is 31.2 Å². The fourth-order valence-corrected chi connectivity index (χ4v) is 3.76. The van der Waals surface area contributed by atoms with Crippen LogP contribution in [0.25, 0.3) is 5.88 Å². The highest BCUT2D eigenvalue weighted by Crippen LogP contribution is 2.44. The summed E-state index contributed by atoms with van der Waals surface area (Å²) in [5.41, 5.74) is 0.755. The van der Waals surface area contributed by atoms with E-state index in [1.165, 1.54) is 7.11 Å². The van der Waals surface area contributed by atoms with E-state index in [1.54, 1.807) is 35.2 Å². The lowest BCUT2D eigenvalue weighted by molar-refractivity contribution is -0.136. The van der Waals surface area contributed by atoms with Crippen molar-refractivity contribution >= 4 is 23.2 Å². The normalized spacial score (nSPS) is 17.5. The van der Waals surface area contributed by atoms with Crippen molar-refractivity contribution in [3.63, 3.8) is 0 Å². The average Bonchev–Trinajstić information content (AvgIpc) is 3.24. The molecule has 1 atom stereocenters. The number of carbonyl (C=O) groups is 1. The molecule has 0 fully saturated rings. The molecule has 0 bridgehead atoms. The molecule has 0 radical (unpaired) electrons. The van der Waals surface area contributed by atoms with Gasteiger partial charge >= 0.3 is 5.97 Å². The maximum Gasteiger partial charge on any atom is 0.338 e. The van der Waals surface area contributed by atoms with Crippen molar-refractivity contribution in [2.45, 2.75) is 19.8 Å². The Morgan fingerprint density at radius 2 is 2.04 bits per heavy atom. The number of aryl methyl sites for hydroxylation is 1. The van der Waals surface area contributed by atoms with Gasteiger partial charge in [-0.2, -0.15) is 5.26 Å². The number of nitriles is 1. The van der Waals surface area contributed by atoms with Gasteiger partial charge in [0, 0.05) is 22.1 Å². The standard InChI is InChI=1S/C18H16N2O3S/c1-11-6-7-14(24-11)16-13(10-19)17(20-8-4-5-9-20)23-12(2)15(16)18(21)22-3/h4-9,16H,1-3H3/t16-/m0/s1. The minimum absolute atomic E-state index is 0.367. The van der Waals surface area contributed by atoms with Crippen LogP contribution in [-0.2, 0) is 14.3 Å². The minimum Gasteiger partial charge on any atom is -0.466 e. The Morgan fingerprint density at radius 1 is 1.33 bits per heavy atom. The molecule has 0 saturated heterocycles. The van der Waals surface area contributed by atoms with Crippen LogP contribution in [0.3, 0.4) is 0 Å². The van der Waals surface area contributed by atoms with Gasteiger partial charge in [0.2, 0.25) is 5.88 Å². The Balaban J connectivity index is 2.23. The lowest BCUT2D eigenvalue weighted by Gasteiger charge is -2.27. The van der Waals surface area contributed by atoms with E-state index in [9.17, 15) is 10.1 Å². The van der Waals surface area contributed by atoms with Crippen LogP contribution in [0.15, 0.2) is 53.6 Å². The molecule has 1 aliphatic heterocycles. The van der Waals surface area contributed by atoms with E-state index in [0.29, 0.717) is 22.8 Å². The lowest BCUT2D eigenvalue weighted by Crippen LogP contribution is -2.23. The SMILES string of the molecule is COC(=O)C1=C(C)OC(n2cccc2)=C(C#N)[C@H]1c1ccc(C)s1. The summed E-state index contributed by atoms with van der Waals surface area (Å²) >= 11 is 1.55. The van der Waals surface area contributed by atoms with E-state index in [-0.39, 0.29) is 0 Å². The van der Waals surface area contributed by atoms with Crippen LogP contribution in [0.1, 0.15) is 22.6 Å². The van der Waals surface area contributed by atoms with Gasteiger partial charge in [0.15, 0.2) is 0 Å². The molecule has 122 valence electrons. The topological polar surface area (TPSA) is 64.2 Å². The van der Waals surface area contributed by atoms with Crippen LogP contribution < -0.4 is 0 Å². The molecule has 0 aliphatic carbocycles. The van der Waals surface area contributed by atoms with Crippen molar-refractivity contribution in [2.24, 2.45) is 0 Å². The Bertz CT molecular complexity index is 882. The number of nitrogens with zero attached hydrogens (tertiary/aromatic N) is 2. The summed E-state index contributed by atoms with van der Waals surface area (Å²) in [5.74, 6) is -0.112. The van der Waals surface area contributed by atoms with Crippen molar-refractivity contribution in [3.05, 3.63) is 63.3 Å². The van der Waals surface area contributed by atoms with Crippen LogP contribution in [0.2, 0.25) is 0 Å². The van der Waals surface area contributed by atoms with Crippen molar-refractivity contribution in [2.75, 3.05) is 7.11 Å². The maximum atomic E-state index is 12.3. The van der Waals surface area contributed by atoms with Crippen LogP contribution in [0.5, 0.6) is 0 Å². The molecule has 1 aliphatic rings. The summed E-state index contributed by atoms with van der Waals surface area (Å²) in [6, 6.07) is 9.85. The molecule has 0 spiro atoms. The van der Waals surface area contributed by atoms with Crippen molar-refractivity contribution in [1.29, 1.82) is 5.26 Å². The summed E-state index contributed by atoms with van der Waals surface area (Å²) in [7, 11) is 1.33. The Hall–Kier alpha value is -2.78. The van der Waals surface area contributed by atoms with Gasteiger partial charge in [0.25, 0.3) is 0 Å². The number of rotatable bonds is 3. The van der Waals surface area contributed by atoms with Crippen LogP contribution >= 0.6 is 11.3 Å². The second-order valence-electron chi connectivity index (χ2n) is 5.37. The predicted octanol–water partition coefficient (Wildman–Crippen LogP) is 3.81. The number of methoxy groups -OCH3 is 1. The molecule has 0 saturated carbocycles. The fraction of sp³-hybridized carbons (Fsp3) is 0.222. The van der Waals surface area contributed by atoms with Crippen molar-refractivity contribution in [1.82, 2.24) is 4.57 Å². The van der Waals surface area contributed by atoms with E-state index >= 15 is 0 Å². The molecule has 2 aromatic rings. The van der Waals surface area contributed by atoms with Gasteiger partial charge in [0.1, 0.15) is 17.4 Å². The van der Waals surface area contributed by atoms with E-state index in [2.05, 4.69) is 6.07 Å². The number of hydrogen-bond donors (Lipinski definition) is 0. The number of allylic oxidation sites excluding steroid dienone is 2. The van der Waals surface area contributed by atoms with Gasteiger partial charge in [0.05, 0.1) is 18.6 Å². The minimum atomic E-state index is -0.493. The van der Waals surface area contributed by atoms with Gasteiger partial charge in [-0.05, 0) is 38.1 Å². The molecular weight excluding hydrogens is 324 g/mol. The van der Waals surface area contributed by atoms with Crippen LogP contribution in [-0.4, -0.2) is 17.6 Å². The third-order valence-electron chi connectivity index (χ3n) is 3.85. The monoisotopic (exact) mass is 340 g/mol. The van der Waals surface area contributed by atoms with E-state index in [0.717, 1.165) is 9.75 Å². The fourth-order valence-electron chi connectivity index (χ4n) is 2.76. The van der Waals surface area contributed by atoms with Gasteiger partial charge < -0.3 is 9.47 Å². The van der Waals surface area contributed by atoms with E-state index in [4.69, 9.17) is 9.47 Å². The average molecular weight is 340 g/mol. The lowest BCUT2D eigenvalue weighted by atomic mass is 9.87. The molecular formula is C18H16N2O3S. The van der Waals surface area contributed by atoms with Crippen molar-refractivity contribution < 1.29 is 14.3 Å². The Kier molecular flexibility index (Phi) is 4.28. The molecule has 3 rings (SSSR count). The smallest absolute Gasteiger partial charge is 0.338 e. The van der Waals surface area contributed by atoms with Crippen LogP contribution in [0, 0.1) is 18.3 Å². The second kappa shape index (κ2) is 6.38. The third kappa shape index (κ3) is 2.63. The zero-order valence-corrected chi connectivity index (χ0v) is 14.4. The number of esters is 1. The summed E-state index contributed by atoms with van der Waals surface area (Å²) < 4.78 is 12.5. The molecule has 3 heterocycles. The summed E-state index contributed by atoms with van der Waals surface area (Å²) in [5, 5.41) is 9.79. The highest BCUT2D eigenvalue weighted by atomic mass is 32.1. The molecule has 0 unspecified atom stereocenters. The molecule has 0 N–H and O–H groups in total. The first-order valence-electron chi connectivity index (χ1n) is 7.37. The number of thiophene rings is 1. The zero-order valence-electron chi connectivity index (χ0n) is 13.6. The molecule has 5 nitrogen and oxygen atoms in total. The highest BCUT2D eigenvalue weighted by Gasteiger charge is 2.37. The molecule has 24 heavy (non-hydrogen) atoms. The summed E-state index contributed by atoms with van der Waals surface area (Å²) in [6.45, 7) is 3.71. The molecule has 0 aromatic carbocycles. The van der Waals surface area contributed by atoms with Crippen LogP contribution in [0.4, 0.5) is 0 Å². The maximum absolute atomic E-state index is 12.3. The van der Waals surface area contributed by atoms with Gasteiger partial charge in [-0.3, -0.25) is 4.57 Å². The first-order valence-corrected chi connectivity index (χ1v) is 8.19. The molecule has 6 heteroatoms.